The van der Waals surface area contributed by atoms with Gasteiger partial charge in [0.2, 0.25) is 0 Å². The van der Waals surface area contributed by atoms with E-state index < -0.39 is 11.2 Å². The summed E-state index contributed by atoms with van der Waals surface area (Å²) in [7, 11) is 1.70. The Hall–Kier alpha value is -7.08. The van der Waals surface area contributed by atoms with Crippen LogP contribution in [-0.4, -0.2) is 57.4 Å². The van der Waals surface area contributed by atoms with Crippen molar-refractivity contribution in [2.45, 2.75) is 129 Å². The van der Waals surface area contributed by atoms with Gasteiger partial charge in [-0.2, -0.15) is 0 Å². The second kappa shape index (κ2) is 20.7. The number of nitrogens with one attached hydrogen (secondary N) is 2. The molecule has 0 radical (unpaired) electrons. The number of aromatic nitrogens is 2. The second-order valence-electron chi connectivity index (χ2n) is 21.3. The summed E-state index contributed by atoms with van der Waals surface area (Å²) in [4.78, 5) is 33.3. The third-order valence-electron chi connectivity index (χ3n) is 13.5. The fourth-order valence-electron chi connectivity index (χ4n) is 10.1. The fourth-order valence-corrected chi connectivity index (χ4v) is 10.1. The van der Waals surface area contributed by atoms with Crippen LogP contribution < -0.4 is 15.4 Å². The van der Waals surface area contributed by atoms with E-state index >= 15 is 0 Å². The van der Waals surface area contributed by atoms with E-state index in [0.29, 0.717) is 36.4 Å². The zero-order chi connectivity index (χ0) is 49.9. The van der Waals surface area contributed by atoms with Gasteiger partial charge in [0.05, 0.1) is 18.5 Å². The SMILES string of the molecule is CC(C)(C)OC(=O)CC1CCC(Nc2cc3c(-c4cc5ccccc5o4)cncc3cc2O)CC1.COc1cc2cncc(-c3cc4ccccc4o3)c2cc1NC1CCC(CC(=O)OC(C)(C)C)CC1. The van der Waals surface area contributed by atoms with Gasteiger partial charge >= 0.3 is 11.9 Å². The molecule has 0 aliphatic heterocycles. The van der Waals surface area contributed by atoms with Gasteiger partial charge in [0.25, 0.3) is 0 Å². The Balaban J connectivity index is 0.000000176. The molecule has 2 saturated carbocycles. The number of nitrogens with zero attached hydrogens (tertiary/aromatic N) is 2. The maximum Gasteiger partial charge on any atom is 0.306 e. The Morgan fingerprint density at radius 3 is 1.46 bits per heavy atom. The average molecular weight is 959 g/mol. The molecule has 0 saturated heterocycles. The summed E-state index contributed by atoms with van der Waals surface area (Å²) in [5.74, 6) is 3.06. The van der Waals surface area contributed by atoms with Crippen molar-refractivity contribution in [3.8, 4) is 34.1 Å². The molecule has 2 aliphatic rings. The number of pyridine rings is 2. The van der Waals surface area contributed by atoms with E-state index in [4.69, 9.17) is 23.0 Å². The predicted molar refractivity (Wildman–Crippen MR) is 282 cm³/mol. The molecule has 4 aromatic carbocycles. The van der Waals surface area contributed by atoms with E-state index in [2.05, 4.69) is 38.8 Å². The number of methoxy groups -OCH3 is 1. The monoisotopic (exact) mass is 958 g/mol. The molecular formula is C59H66N4O8. The smallest absolute Gasteiger partial charge is 0.306 e. The maximum atomic E-state index is 12.2. The highest BCUT2D eigenvalue weighted by molar-refractivity contribution is 6.01. The quantitative estimate of drug-likeness (QED) is 0.0833. The highest BCUT2D eigenvalue weighted by atomic mass is 16.6. The number of benzene rings is 4. The molecule has 8 aromatic rings. The maximum absolute atomic E-state index is 12.2. The third kappa shape index (κ3) is 12.1. The molecule has 0 unspecified atom stereocenters. The summed E-state index contributed by atoms with van der Waals surface area (Å²) in [6.45, 7) is 11.4. The van der Waals surface area contributed by atoms with Crippen LogP contribution in [0.2, 0.25) is 0 Å². The summed E-state index contributed by atoms with van der Waals surface area (Å²) in [6.07, 6.45) is 16.1. The summed E-state index contributed by atoms with van der Waals surface area (Å²) in [5.41, 5.74) is 4.33. The number of esters is 2. The van der Waals surface area contributed by atoms with Crippen molar-refractivity contribution in [1.29, 1.82) is 0 Å². The highest BCUT2D eigenvalue weighted by Gasteiger charge is 2.28. The number of para-hydroxylation sites is 2. The number of anilines is 2. The lowest BCUT2D eigenvalue weighted by Gasteiger charge is -2.30. The Morgan fingerprint density at radius 1 is 0.577 bits per heavy atom. The molecule has 2 fully saturated rings. The first-order valence-electron chi connectivity index (χ1n) is 25.1. The van der Waals surface area contributed by atoms with Crippen LogP contribution in [0.25, 0.3) is 66.1 Å². The molecule has 0 bridgehead atoms. The third-order valence-corrected chi connectivity index (χ3v) is 13.5. The van der Waals surface area contributed by atoms with Crippen LogP contribution in [0.1, 0.15) is 106 Å². The molecule has 12 heteroatoms. The summed E-state index contributed by atoms with van der Waals surface area (Å²) >= 11 is 0. The van der Waals surface area contributed by atoms with Crippen molar-refractivity contribution < 1.29 is 37.7 Å². The van der Waals surface area contributed by atoms with Gasteiger partial charge in [-0.05, 0) is 164 Å². The molecule has 0 atom stereocenters. The van der Waals surface area contributed by atoms with E-state index in [0.717, 1.165) is 129 Å². The number of furan rings is 2. The zero-order valence-electron chi connectivity index (χ0n) is 42.0. The number of ether oxygens (including phenoxy) is 3. The summed E-state index contributed by atoms with van der Waals surface area (Å²) in [6, 6.07) is 28.5. The Morgan fingerprint density at radius 2 is 1.01 bits per heavy atom. The molecule has 71 heavy (non-hydrogen) atoms. The summed E-state index contributed by atoms with van der Waals surface area (Å²) in [5, 5.41) is 24.0. The number of phenols is 1. The van der Waals surface area contributed by atoms with E-state index in [-0.39, 0.29) is 23.7 Å². The van der Waals surface area contributed by atoms with Crippen molar-refractivity contribution in [2.75, 3.05) is 17.7 Å². The number of aromatic hydroxyl groups is 1. The van der Waals surface area contributed by atoms with E-state index in [9.17, 15) is 14.7 Å². The number of hydrogen-bond donors (Lipinski definition) is 3. The van der Waals surface area contributed by atoms with Gasteiger partial charge in [-0.1, -0.05) is 36.4 Å². The number of hydrogen-bond acceptors (Lipinski definition) is 12. The first-order valence-corrected chi connectivity index (χ1v) is 25.1. The predicted octanol–water partition coefficient (Wildman–Crippen LogP) is 14.4. The van der Waals surface area contributed by atoms with Crippen LogP contribution in [0.5, 0.6) is 11.5 Å². The van der Waals surface area contributed by atoms with Gasteiger partial charge in [-0.3, -0.25) is 19.6 Å². The van der Waals surface area contributed by atoms with Crippen LogP contribution in [0.4, 0.5) is 11.4 Å². The van der Waals surface area contributed by atoms with Crippen molar-refractivity contribution >= 4 is 66.8 Å². The van der Waals surface area contributed by atoms with Crippen LogP contribution >= 0.6 is 0 Å². The van der Waals surface area contributed by atoms with Crippen molar-refractivity contribution in [2.24, 2.45) is 11.8 Å². The van der Waals surface area contributed by atoms with Crippen molar-refractivity contribution in [3.05, 3.63) is 110 Å². The first kappa shape index (κ1) is 48.9. The number of carbonyl (C=O) groups excluding carboxylic acids is 2. The normalized spacial score (nSPS) is 18.5. The van der Waals surface area contributed by atoms with Crippen molar-refractivity contribution in [3.63, 3.8) is 0 Å². The van der Waals surface area contributed by atoms with E-state index in [1.807, 2.05) is 121 Å². The van der Waals surface area contributed by atoms with Gasteiger partial charge in [-0.25, -0.2) is 0 Å². The van der Waals surface area contributed by atoms with Gasteiger partial charge in [0.15, 0.2) is 0 Å². The minimum atomic E-state index is -0.444. The van der Waals surface area contributed by atoms with Gasteiger partial charge in [-0.15, -0.1) is 0 Å². The lowest BCUT2D eigenvalue weighted by Crippen LogP contribution is -2.29. The molecule has 12 nitrogen and oxygen atoms in total. The largest absolute Gasteiger partial charge is 0.506 e. The standard InChI is InChI=1S/C30H34N2O4.C29H32N2O4/c1-30(2,3)36-29(33)13-19-9-11-22(12-10-19)32-25-16-23-21(15-28(25)34-4)17-31-18-24(23)27-14-20-7-5-6-8-26(20)35-27;1-29(2,3)35-28(33)12-18-8-10-21(11-9-18)31-24-15-22-20(13-25(24)32)16-30-17-23(22)27-14-19-6-4-5-7-26(19)34-27/h5-8,14-19,22,32H,9-13H2,1-4H3;4-7,13-18,21,31-32H,8-12H2,1-3H3. The van der Waals surface area contributed by atoms with Crippen LogP contribution in [0, 0.1) is 11.8 Å². The van der Waals surface area contributed by atoms with Gasteiger partial charge in [0, 0.05) is 82.4 Å². The molecule has 0 amide bonds. The highest BCUT2D eigenvalue weighted by Crippen LogP contribution is 2.41. The van der Waals surface area contributed by atoms with Gasteiger partial charge in [0.1, 0.15) is 45.4 Å². The number of fused-ring (bicyclic) bond motifs is 4. The van der Waals surface area contributed by atoms with Crippen LogP contribution in [0.15, 0.2) is 119 Å². The lowest BCUT2D eigenvalue weighted by atomic mass is 9.84. The molecule has 4 heterocycles. The molecular weight excluding hydrogens is 893 g/mol. The Labute approximate surface area is 415 Å². The zero-order valence-corrected chi connectivity index (χ0v) is 42.0. The fraction of sp³-hybridized carbons (Fsp3) is 0.390. The summed E-state index contributed by atoms with van der Waals surface area (Å²) < 4.78 is 29.0. The minimum Gasteiger partial charge on any atom is -0.506 e. The number of rotatable bonds is 11. The molecule has 3 N–H and O–H groups in total. The molecule has 10 rings (SSSR count). The Kier molecular flexibility index (Phi) is 14.3. The molecule has 0 spiro atoms. The minimum absolute atomic E-state index is 0.0955. The molecule has 2 aliphatic carbocycles. The van der Waals surface area contributed by atoms with E-state index in [1.54, 1.807) is 19.4 Å². The Bertz CT molecular complexity index is 3100. The second-order valence-corrected chi connectivity index (χ2v) is 21.3. The van der Waals surface area contributed by atoms with Crippen molar-refractivity contribution in [1.82, 2.24) is 9.97 Å². The van der Waals surface area contributed by atoms with Crippen LogP contribution in [-0.2, 0) is 19.1 Å². The van der Waals surface area contributed by atoms with Gasteiger partial charge < -0.3 is 38.8 Å². The van der Waals surface area contributed by atoms with E-state index in [1.165, 1.54) is 0 Å². The number of phenolic OH excluding ortho intramolecular Hbond substituents is 1. The topological polar surface area (TPSA) is 158 Å². The van der Waals surface area contributed by atoms with Crippen LogP contribution in [0.3, 0.4) is 0 Å². The number of carbonyl (C=O) groups is 2. The molecule has 4 aromatic heterocycles. The lowest BCUT2D eigenvalue weighted by molar-refractivity contribution is -0.157. The average Bonchev–Trinajstić information content (AvgIpc) is 3.97. The first-order chi connectivity index (χ1) is 34.0. The molecule has 370 valence electrons.